The maximum atomic E-state index is 9.28. The van der Waals surface area contributed by atoms with Crippen molar-refractivity contribution in [3.8, 4) is 0 Å². The summed E-state index contributed by atoms with van der Waals surface area (Å²) in [6.07, 6.45) is 0.990. The van der Waals surface area contributed by atoms with E-state index in [4.69, 9.17) is 0 Å². The summed E-state index contributed by atoms with van der Waals surface area (Å²) in [6.45, 7) is 4.83. The minimum Gasteiger partial charge on any atom is -0.410 e. The third-order valence-electron chi connectivity index (χ3n) is 3.00. The van der Waals surface area contributed by atoms with Crippen LogP contribution in [0.3, 0.4) is 0 Å². The molecule has 3 nitrogen and oxygen atoms in total. The summed E-state index contributed by atoms with van der Waals surface area (Å²) in [6, 6.07) is 8.02. The van der Waals surface area contributed by atoms with Crippen molar-refractivity contribution in [1.82, 2.24) is 0 Å². The van der Waals surface area contributed by atoms with Crippen molar-refractivity contribution in [2.24, 2.45) is 5.16 Å². The third-order valence-corrected chi connectivity index (χ3v) is 4.96. The van der Waals surface area contributed by atoms with Gasteiger partial charge in [0.1, 0.15) is 0 Å². The van der Waals surface area contributed by atoms with E-state index >= 15 is 0 Å². The Bertz CT molecular complexity index is 590. The molecule has 0 saturated carbocycles. The number of aromatic nitrogens is 1. The summed E-state index contributed by atoms with van der Waals surface area (Å²) in [7, 11) is 0. The van der Waals surface area contributed by atoms with Gasteiger partial charge >= 0.3 is 0 Å². The van der Waals surface area contributed by atoms with Crippen LogP contribution in [0.1, 0.15) is 23.2 Å². The molecular formula is C14H16IN2OS+. The zero-order valence-electron chi connectivity index (χ0n) is 10.9. The van der Waals surface area contributed by atoms with Gasteiger partial charge in [-0.1, -0.05) is 35.5 Å². The number of rotatable bonds is 4. The SMILES string of the molecule is CCc1scc(C)[n+]1C/C(=N/O)c1ccc(I)cc1. The van der Waals surface area contributed by atoms with Crippen LogP contribution in [0.15, 0.2) is 34.8 Å². The molecule has 0 fully saturated rings. The Kier molecular flexibility index (Phi) is 4.93. The molecule has 0 aliphatic carbocycles. The molecule has 1 N–H and O–H groups in total. The topological polar surface area (TPSA) is 36.5 Å². The van der Waals surface area contributed by atoms with E-state index in [1.807, 2.05) is 24.3 Å². The van der Waals surface area contributed by atoms with Gasteiger partial charge in [0.15, 0.2) is 18.0 Å². The summed E-state index contributed by atoms with van der Waals surface area (Å²) in [5.74, 6) is 0. The van der Waals surface area contributed by atoms with Crippen LogP contribution in [0.5, 0.6) is 0 Å². The number of oxime groups is 1. The Hall–Kier alpha value is -0.950. The first-order valence-electron chi connectivity index (χ1n) is 6.09. The van der Waals surface area contributed by atoms with Crippen molar-refractivity contribution in [2.45, 2.75) is 26.8 Å². The largest absolute Gasteiger partial charge is 0.410 e. The van der Waals surface area contributed by atoms with Gasteiger partial charge < -0.3 is 5.21 Å². The minimum atomic E-state index is 0.607. The van der Waals surface area contributed by atoms with Crippen LogP contribution in [0, 0.1) is 10.5 Å². The van der Waals surface area contributed by atoms with Gasteiger partial charge in [0.2, 0.25) is 5.01 Å². The molecule has 1 aromatic carbocycles. The summed E-state index contributed by atoms with van der Waals surface area (Å²) in [5, 5.41) is 16.2. The molecule has 5 heteroatoms. The molecule has 0 bridgehead atoms. The number of hydrogen-bond acceptors (Lipinski definition) is 3. The molecule has 0 spiro atoms. The van der Waals surface area contributed by atoms with Gasteiger partial charge in [0.05, 0.1) is 5.38 Å². The Labute approximate surface area is 130 Å². The molecule has 0 unspecified atom stereocenters. The van der Waals surface area contributed by atoms with Gasteiger partial charge in [0, 0.05) is 22.5 Å². The second-order valence-corrected chi connectivity index (χ2v) is 6.45. The highest BCUT2D eigenvalue weighted by molar-refractivity contribution is 14.1. The molecule has 0 aliphatic rings. The molecule has 19 heavy (non-hydrogen) atoms. The summed E-state index contributed by atoms with van der Waals surface area (Å²) in [5.41, 5.74) is 2.86. The predicted octanol–water partition coefficient (Wildman–Crippen LogP) is 3.39. The lowest BCUT2D eigenvalue weighted by atomic mass is 10.1. The number of aryl methyl sites for hydroxylation is 2. The first kappa shape index (κ1) is 14.5. The molecule has 2 aromatic rings. The van der Waals surface area contributed by atoms with Crippen LogP contribution in [0.4, 0.5) is 0 Å². The lowest BCUT2D eigenvalue weighted by molar-refractivity contribution is -0.689. The van der Waals surface area contributed by atoms with E-state index in [1.165, 1.54) is 14.3 Å². The van der Waals surface area contributed by atoms with Crippen LogP contribution < -0.4 is 4.57 Å². The van der Waals surface area contributed by atoms with E-state index in [2.05, 4.69) is 51.5 Å². The first-order valence-corrected chi connectivity index (χ1v) is 8.05. The van der Waals surface area contributed by atoms with Crippen LogP contribution in [-0.2, 0) is 13.0 Å². The Morgan fingerprint density at radius 2 is 2.05 bits per heavy atom. The van der Waals surface area contributed by atoms with Crippen molar-refractivity contribution in [3.05, 3.63) is 49.5 Å². The van der Waals surface area contributed by atoms with Gasteiger partial charge in [-0.2, -0.15) is 4.57 Å². The summed E-state index contributed by atoms with van der Waals surface area (Å²) >= 11 is 4.02. The average Bonchev–Trinajstić information content (AvgIpc) is 2.78. The minimum absolute atomic E-state index is 0.607. The zero-order valence-corrected chi connectivity index (χ0v) is 13.9. The Morgan fingerprint density at radius 3 is 2.63 bits per heavy atom. The van der Waals surface area contributed by atoms with Crippen molar-refractivity contribution in [2.75, 3.05) is 0 Å². The monoisotopic (exact) mass is 387 g/mol. The van der Waals surface area contributed by atoms with E-state index in [9.17, 15) is 5.21 Å². The highest BCUT2D eigenvalue weighted by Gasteiger charge is 2.19. The van der Waals surface area contributed by atoms with Crippen molar-refractivity contribution >= 4 is 39.6 Å². The number of thiazole rings is 1. The normalized spacial score (nSPS) is 11.8. The molecule has 1 aromatic heterocycles. The molecule has 0 atom stereocenters. The second-order valence-electron chi connectivity index (χ2n) is 4.26. The lowest BCUT2D eigenvalue weighted by Crippen LogP contribution is -2.42. The second kappa shape index (κ2) is 6.47. The van der Waals surface area contributed by atoms with Crippen LogP contribution in [0.25, 0.3) is 0 Å². The maximum Gasteiger partial charge on any atom is 0.237 e. The van der Waals surface area contributed by atoms with Gasteiger partial charge in [-0.25, -0.2) is 0 Å². The molecule has 100 valence electrons. The first-order chi connectivity index (χ1) is 9.15. The number of halogens is 1. The van der Waals surface area contributed by atoms with Crippen molar-refractivity contribution < 1.29 is 9.77 Å². The molecule has 2 rings (SSSR count). The van der Waals surface area contributed by atoms with E-state index < -0.39 is 0 Å². The molecule has 1 heterocycles. The standard InChI is InChI=1S/C14H15IN2OS/c1-3-14-17(10(2)9-19-14)8-13(16-18)11-4-6-12(15)7-5-11/h4-7,9H,3,8H2,1-2H3/p+1/b16-13-. The van der Waals surface area contributed by atoms with E-state index in [1.54, 1.807) is 11.3 Å². The number of nitrogens with zero attached hydrogens (tertiary/aromatic N) is 2. The van der Waals surface area contributed by atoms with E-state index in [-0.39, 0.29) is 0 Å². The molecule has 0 aliphatic heterocycles. The lowest BCUT2D eigenvalue weighted by Gasteiger charge is -2.03. The van der Waals surface area contributed by atoms with Crippen molar-refractivity contribution in [3.63, 3.8) is 0 Å². The van der Waals surface area contributed by atoms with Gasteiger partial charge in [-0.15, -0.1) is 0 Å². The number of hydrogen-bond donors (Lipinski definition) is 1. The van der Waals surface area contributed by atoms with Crippen LogP contribution >= 0.6 is 33.9 Å². The highest BCUT2D eigenvalue weighted by atomic mass is 127. The zero-order chi connectivity index (χ0) is 13.8. The fourth-order valence-electron chi connectivity index (χ4n) is 1.94. The van der Waals surface area contributed by atoms with Crippen LogP contribution in [0.2, 0.25) is 0 Å². The van der Waals surface area contributed by atoms with Gasteiger partial charge in [-0.3, -0.25) is 0 Å². The predicted molar refractivity (Wildman–Crippen MR) is 86.1 cm³/mol. The highest BCUT2D eigenvalue weighted by Crippen LogP contribution is 2.11. The smallest absolute Gasteiger partial charge is 0.237 e. The third kappa shape index (κ3) is 3.33. The van der Waals surface area contributed by atoms with E-state index in [0.717, 1.165) is 12.0 Å². The average molecular weight is 387 g/mol. The van der Waals surface area contributed by atoms with Crippen molar-refractivity contribution in [1.29, 1.82) is 0 Å². The Balaban J connectivity index is 2.29. The quantitative estimate of drug-likeness (QED) is 0.282. The van der Waals surface area contributed by atoms with Gasteiger partial charge in [-0.05, 0) is 34.7 Å². The maximum absolute atomic E-state index is 9.28. The van der Waals surface area contributed by atoms with E-state index in [0.29, 0.717) is 12.3 Å². The van der Waals surface area contributed by atoms with Crippen LogP contribution in [-0.4, -0.2) is 10.9 Å². The molecular weight excluding hydrogens is 371 g/mol. The number of benzene rings is 1. The fourth-order valence-corrected chi connectivity index (χ4v) is 3.23. The molecule has 0 saturated heterocycles. The fraction of sp³-hybridized carbons (Fsp3) is 0.286. The summed E-state index contributed by atoms with van der Waals surface area (Å²) in [4.78, 5) is 0. The van der Waals surface area contributed by atoms with Gasteiger partial charge in [0.25, 0.3) is 0 Å². The molecule has 0 amide bonds. The summed E-state index contributed by atoms with van der Waals surface area (Å²) < 4.78 is 3.38. The Morgan fingerprint density at radius 1 is 1.37 bits per heavy atom. The molecule has 0 radical (unpaired) electrons.